The molecule has 1 atom stereocenters. The fraction of sp³-hybridized carbons (Fsp3) is 0.667. The molecule has 1 aliphatic rings. The average molecular weight is 304 g/mol. The van der Waals surface area contributed by atoms with Crippen LogP contribution in [0.15, 0.2) is 16.8 Å². The first-order chi connectivity index (χ1) is 10.5. The van der Waals surface area contributed by atoms with Gasteiger partial charge in [-0.25, -0.2) is 0 Å². The maximum atomic E-state index is 5.37. The zero-order valence-electron chi connectivity index (χ0n) is 13.7. The second-order valence-corrected chi connectivity index (χ2v) is 6.27. The molecular formula is C15H24N6O. The van der Waals surface area contributed by atoms with Crippen molar-refractivity contribution in [3.05, 3.63) is 29.7 Å². The molecule has 0 amide bonds. The molecule has 2 aromatic rings. The van der Waals surface area contributed by atoms with Crippen LogP contribution >= 0.6 is 0 Å². The Bertz CT molecular complexity index is 619. The number of aromatic nitrogens is 4. The molecule has 0 spiro atoms. The van der Waals surface area contributed by atoms with E-state index in [0.717, 1.165) is 26.2 Å². The lowest BCUT2D eigenvalue weighted by atomic mass is 10.1. The van der Waals surface area contributed by atoms with E-state index >= 15 is 0 Å². The maximum absolute atomic E-state index is 5.37. The number of nitrogens with zero attached hydrogens (tertiary/aromatic N) is 6. The Morgan fingerprint density at radius 1 is 1.36 bits per heavy atom. The topological polar surface area (TPSA) is 63.2 Å². The average Bonchev–Trinajstić information content (AvgIpc) is 3.10. The van der Waals surface area contributed by atoms with Gasteiger partial charge in [-0.05, 0) is 33.9 Å². The van der Waals surface area contributed by atoms with Crippen LogP contribution in [0.5, 0.6) is 0 Å². The second kappa shape index (κ2) is 6.18. The summed E-state index contributed by atoms with van der Waals surface area (Å²) in [5, 5.41) is 8.33. The fourth-order valence-corrected chi connectivity index (χ4v) is 2.95. The fourth-order valence-electron chi connectivity index (χ4n) is 2.95. The molecule has 2 aromatic heterocycles. The molecule has 0 radical (unpaired) electrons. The first-order valence-corrected chi connectivity index (χ1v) is 7.80. The number of likely N-dealkylation sites (N-methyl/N-ethyl adjacent to an activating group) is 1. The molecule has 1 saturated heterocycles. The highest BCUT2D eigenvalue weighted by molar-refractivity contribution is 5.03. The third-order valence-corrected chi connectivity index (χ3v) is 4.19. The monoisotopic (exact) mass is 304 g/mol. The molecular weight excluding hydrogens is 280 g/mol. The van der Waals surface area contributed by atoms with Crippen molar-refractivity contribution in [1.82, 2.24) is 29.7 Å². The van der Waals surface area contributed by atoms with E-state index in [1.165, 1.54) is 5.69 Å². The molecule has 7 heteroatoms. The first-order valence-electron chi connectivity index (χ1n) is 7.80. The highest BCUT2D eigenvalue weighted by Gasteiger charge is 2.30. The molecule has 0 N–H and O–H groups in total. The van der Waals surface area contributed by atoms with Gasteiger partial charge in [0, 0.05) is 38.4 Å². The Balaban J connectivity index is 1.72. The number of piperazine rings is 1. The minimum absolute atomic E-state index is 0.158. The summed E-state index contributed by atoms with van der Waals surface area (Å²) in [6.07, 6.45) is 1.88. The lowest BCUT2D eigenvalue weighted by Crippen LogP contribution is -2.46. The molecule has 22 heavy (non-hydrogen) atoms. The third kappa shape index (κ3) is 3.05. The molecule has 0 aliphatic carbocycles. The molecule has 3 rings (SSSR count). The summed E-state index contributed by atoms with van der Waals surface area (Å²) in [6, 6.07) is 2.64. The normalized spacial score (nSPS) is 20.9. The number of hydrogen-bond acceptors (Lipinski definition) is 6. The van der Waals surface area contributed by atoms with Gasteiger partial charge in [-0.15, -0.1) is 0 Å². The highest BCUT2D eigenvalue weighted by atomic mass is 16.5. The summed E-state index contributed by atoms with van der Waals surface area (Å²) < 4.78 is 7.46. The van der Waals surface area contributed by atoms with Gasteiger partial charge in [0.05, 0.1) is 5.69 Å². The largest absolute Gasteiger partial charge is 0.338 e. The van der Waals surface area contributed by atoms with Crippen molar-refractivity contribution < 1.29 is 4.52 Å². The first kappa shape index (κ1) is 15.2. The summed E-state index contributed by atoms with van der Waals surface area (Å²) in [6.45, 7) is 9.98. The van der Waals surface area contributed by atoms with Gasteiger partial charge in [0.2, 0.25) is 5.89 Å². The zero-order valence-corrected chi connectivity index (χ0v) is 13.7. The van der Waals surface area contributed by atoms with Gasteiger partial charge < -0.3 is 4.52 Å². The molecule has 0 saturated carbocycles. The number of hydrogen-bond donors (Lipinski definition) is 0. The smallest absolute Gasteiger partial charge is 0.245 e. The Kier molecular flexibility index (Phi) is 4.26. The van der Waals surface area contributed by atoms with Crippen molar-refractivity contribution in [2.24, 2.45) is 0 Å². The minimum Gasteiger partial charge on any atom is -0.338 e. The van der Waals surface area contributed by atoms with Gasteiger partial charge in [0.25, 0.3) is 0 Å². The molecule has 1 aliphatic heterocycles. The lowest BCUT2D eigenvalue weighted by Gasteiger charge is -2.37. The van der Waals surface area contributed by atoms with Crippen LogP contribution in [0.25, 0.3) is 0 Å². The standard InChI is InChI=1S/C15H24N6O/c1-11(2)21-13(5-6-16-21)9-20-8-7-19(4)14(10-20)15-17-12(3)18-22-15/h5-6,11,14H,7-10H2,1-4H3/t14-/m1/s1. The number of aryl methyl sites for hydroxylation is 1. The summed E-state index contributed by atoms with van der Waals surface area (Å²) >= 11 is 0. The Hall–Kier alpha value is -1.73. The molecule has 3 heterocycles. The molecule has 120 valence electrons. The quantitative estimate of drug-likeness (QED) is 0.856. The zero-order chi connectivity index (χ0) is 15.7. The van der Waals surface area contributed by atoms with Gasteiger partial charge in [-0.3, -0.25) is 14.5 Å². The molecule has 7 nitrogen and oxygen atoms in total. The molecule has 0 unspecified atom stereocenters. The summed E-state index contributed by atoms with van der Waals surface area (Å²) in [5.41, 5.74) is 1.25. The number of rotatable bonds is 4. The maximum Gasteiger partial charge on any atom is 0.245 e. The Morgan fingerprint density at radius 2 is 2.18 bits per heavy atom. The van der Waals surface area contributed by atoms with Crippen molar-refractivity contribution >= 4 is 0 Å². The summed E-state index contributed by atoms with van der Waals surface area (Å²) in [5.74, 6) is 1.40. The van der Waals surface area contributed by atoms with Crippen LogP contribution < -0.4 is 0 Å². The third-order valence-electron chi connectivity index (χ3n) is 4.19. The van der Waals surface area contributed by atoms with E-state index in [0.29, 0.717) is 17.8 Å². The minimum atomic E-state index is 0.158. The van der Waals surface area contributed by atoms with Crippen LogP contribution in [-0.4, -0.2) is 56.4 Å². The van der Waals surface area contributed by atoms with Crippen LogP contribution in [0.3, 0.4) is 0 Å². The van der Waals surface area contributed by atoms with Gasteiger partial charge in [-0.2, -0.15) is 10.1 Å². The van der Waals surface area contributed by atoms with E-state index < -0.39 is 0 Å². The Morgan fingerprint density at radius 3 is 2.86 bits per heavy atom. The van der Waals surface area contributed by atoms with Crippen LogP contribution in [0.2, 0.25) is 0 Å². The van der Waals surface area contributed by atoms with Crippen molar-refractivity contribution in [3.8, 4) is 0 Å². The van der Waals surface area contributed by atoms with Crippen molar-refractivity contribution in [1.29, 1.82) is 0 Å². The lowest BCUT2D eigenvalue weighted by molar-refractivity contribution is 0.0696. The molecule has 0 aromatic carbocycles. The van der Waals surface area contributed by atoms with Crippen molar-refractivity contribution in [3.63, 3.8) is 0 Å². The van der Waals surface area contributed by atoms with E-state index in [1.54, 1.807) is 0 Å². The van der Waals surface area contributed by atoms with E-state index in [9.17, 15) is 0 Å². The van der Waals surface area contributed by atoms with E-state index in [2.05, 4.69) is 56.7 Å². The van der Waals surface area contributed by atoms with Gasteiger partial charge in [0.1, 0.15) is 6.04 Å². The van der Waals surface area contributed by atoms with Crippen molar-refractivity contribution in [2.75, 3.05) is 26.7 Å². The van der Waals surface area contributed by atoms with E-state index in [1.807, 2.05) is 13.1 Å². The molecule has 0 bridgehead atoms. The van der Waals surface area contributed by atoms with Crippen LogP contribution in [0, 0.1) is 6.92 Å². The summed E-state index contributed by atoms with van der Waals surface area (Å²) in [4.78, 5) is 9.11. The van der Waals surface area contributed by atoms with Crippen LogP contribution in [0.1, 0.15) is 43.3 Å². The van der Waals surface area contributed by atoms with Gasteiger partial charge >= 0.3 is 0 Å². The van der Waals surface area contributed by atoms with E-state index in [4.69, 9.17) is 4.52 Å². The summed E-state index contributed by atoms with van der Waals surface area (Å²) in [7, 11) is 2.11. The predicted octanol–water partition coefficient (Wildman–Crippen LogP) is 1.64. The second-order valence-electron chi connectivity index (χ2n) is 6.27. The van der Waals surface area contributed by atoms with Gasteiger partial charge in [0.15, 0.2) is 5.82 Å². The van der Waals surface area contributed by atoms with Crippen molar-refractivity contribution in [2.45, 2.75) is 39.4 Å². The van der Waals surface area contributed by atoms with Gasteiger partial charge in [-0.1, -0.05) is 5.16 Å². The van der Waals surface area contributed by atoms with Crippen LogP contribution in [0.4, 0.5) is 0 Å². The van der Waals surface area contributed by atoms with Crippen LogP contribution in [-0.2, 0) is 6.54 Å². The Labute approximate surface area is 130 Å². The van der Waals surface area contributed by atoms with E-state index in [-0.39, 0.29) is 6.04 Å². The molecule has 1 fully saturated rings. The predicted molar refractivity (Wildman–Crippen MR) is 82.3 cm³/mol. The SMILES string of the molecule is Cc1noc([C@H]2CN(Cc3ccnn3C(C)C)CCN2C)n1. The highest BCUT2D eigenvalue weighted by Crippen LogP contribution is 2.24.